The minimum Gasteiger partial charge on any atom is -0.293 e. The maximum Gasteiger partial charge on any atom is 0.173 e. The third-order valence-electron chi connectivity index (χ3n) is 2.41. The Bertz CT molecular complexity index is 387. The van der Waals surface area contributed by atoms with Crippen LogP contribution >= 0.6 is 38.9 Å². The summed E-state index contributed by atoms with van der Waals surface area (Å²) >= 11 is 10.6. The van der Waals surface area contributed by atoms with E-state index < -0.39 is 0 Å². The quantitative estimate of drug-likeness (QED) is 0.634. The highest BCUT2D eigenvalue weighted by molar-refractivity contribution is 9.10. The Labute approximate surface area is 121 Å². The smallest absolute Gasteiger partial charge is 0.173 e. The van der Waals surface area contributed by atoms with E-state index in [1.165, 1.54) is 11.3 Å². The molecule has 0 bridgehead atoms. The number of hydrogen-bond acceptors (Lipinski definition) is 2. The lowest BCUT2D eigenvalue weighted by atomic mass is 9.83. The molecule has 0 spiro atoms. The summed E-state index contributed by atoms with van der Waals surface area (Å²) in [5, 5.41) is 0. The molecule has 0 saturated heterocycles. The van der Waals surface area contributed by atoms with Crippen molar-refractivity contribution in [3.8, 4) is 0 Å². The zero-order chi connectivity index (χ0) is 13.2. The first-order valence-electron chi connectivity index (χ1n) is 5.67. The number of halogens is 2. The van der Waals surface area contributed by atoms with Gasteiger partial charge in [-0.05, 0) is 39.8 Å². The predicted molar refractivity (Wildman–Crippen MR) is 79.2 cm³/mol. The van der Waals surface area contributed by atoms with Crippen molar-refractivity contribution in [2.75, 3.05) is 0 Å². The first kappa shape index (κ1) is 15.2. The highest BCUT2D eigenvalue weighted by Gasteiger charge is 2.20. The monoisotopic (exact) mass is 336 g/mol. The molecule has 1 rings (SSSR count). The molecule has 4 heteroatoms. The minimum absolute atomic E-state index is 0.194. The zero-order valence-corrected chi connectivity index (χ0v) is 13.8. The van der Waals surface area contributed by atoms with Gasteiger partial charge in [0.15, 0.2) is 5.78 Å². The van der Waals surface area contributed by atoms with E-state index in [-0.39, 0.29) is 11.2 Å². The van der Waals surface area contributed by atoms with Crippen LogP contribution in [0.2, 0.25) is 4.34 Å². The second-order valence-electron chi connectivity index (χ2n) is 5.73. The average molecular weight is 338 g/mol. The van der Waals surface area contributed by atoms with E-state index in [9.17, 15) is 4.79 Å². The molecule has 1 heterocycles. The summed E-state index contributed by atoms with van der Waals surface area (Å²) in [5.41, 5.74) is 0.271. The highest BCUT2D eigenvalue weighted by Crippen LogP contribution is 2.34. The summed E-state index contributed by atoms with van der Waals surface area (Å²) in [6.07, 6.45) is 1.65. The van der Waals surface area contributed by atoms with E-state index in [1.807, 2.05) is 6.07 Å². The lowest BCUT2D eigenvalue weighted by Crippen LogP contribution is -2.14. The fourth-order valence-electron chi connectivity index (χ4n) is 2.02. The zero-order valence-electron chi connectivity index (χ0n) is 10.6. The van der Waals surface area contributed by atoms with Crippen LogP contribution in [0.15, 0.2) is 10.5 Å². The molecular formula is C13H18BrClOS. The summed E-state index contributed by atoms with van der Waals surface area (Å²) in [5.74, 6) is 0.599. The molecule has 1 nitrogen and oxygen atoms in total. The lowest BCUT2D eigenvalue weighted by molar-refractivity contribution is 0.0958. The number of thiophene rings is 1. The topological polar surface area (TPSA) is 17.1 Å². The van der Waals surface area contributed by atoms with Gasteiger partial charge in [-0.25, -0.2) is 0 Å². The van der Waals surface area contributed by atoms with E-state index in [0.717, 1.165) is 15.8 Å². The number of Topliss-reactive ketones (excluding diaryl/α,β-unsaturated/α-hetero) is 1. The van der Waals surface area contributed by atoms with Crippen molar-refractivity contribution in [3.05, 3.63) is 19.8 Å². The van der Waals surface area contributed by atoms with Gasteiger partial charge >= 0.3 is 0 Å². The Morgan fingerprint density at radius 2 is 2.12 bits per heavy atom. The van der Waals surface area contributed by atoms with Crippen molar-refractivity contribution < 1.29 is 4.79 Å². The maximum absolute atomic E-state index is 12.0. The number of rotatable bonds is 4. The fraction of sp³-hybridized carbons (Fsp3) is 0.615. The lowest BCUT2D eigenvalue weighted by Gasteiger charge is -2.22. The van der Waals surface area contributed by atoms with Crippen molar-refractivity contribution in [3.63, 3.8) is 0 Å². The molecule has 1 atom stereocenters. The standard InChI is InChI=1S/C13H18BrClOS/c1-8(7-13(2,3)4)5-10(16)11-6-9(14)12(15)17-11/h6,8H,5,7H2,1-4H3. The Morgan fingerprint density at radius 3 is 2.53 bits per heavy atom. The molecule has 0 radical (unpaired) electrons. The van der Waals surface area contributed by atoms with Gasteiger partial charge in [-0.1, -0.05) is 39.3 Å². The summed E-state index contributed by atoms with van der Waals surface area (Å²) in [6, 6.07) is 1.82. The number of carbonyl (C=O) groups is 1. The van der Waals surface area contributed by atoms with Crippen LogP contribution in [0.3, 0.4) is 0 Å². The SMILES string of the molecule is CC(CC(=O)c1cc(Br)c(Cl)s1)CC(C)(C)C. The molecule has 0 aliphatic heterocycles. The van der Waals surface area contributed by atoms with Gasteiger partial charge in [0.05, 0.1) is 4.88 Å². The van der Waals surface area contributed by atoms with Gasteiger partial charge in [0.2, 0.25) is 0 Å². The second kappa shape index (κ2) is 5.85. The van der Waals surface area contributed by atoms with Crippen molar-refractivity contribution in [2.45, 2.75) is 40.5 Å². The van der Waals surface area contributed by atoms with Gasteiger partial charge in [-0.15, -0.1) is 11.3 Å². The molecule has 0 fully saturated rings. The summed E-state index contributed by atoms with van der Waals surface area (Å²) in [4.78, 5) is 12.8. The van der Waals surface area contributed by atoms with Gasteiger partial charge in [-0.3, -0.25) is 4.79 Å². The van der Waals surface area contributed by atoms with Crippen LogP contribution in [0.5, 0.6) is 0 Å². The molecular weight excluding hydrogens is 320 g/mol. The van der Waals surface area contributed by atoms with Crippen molar-refractivity contribution in [2.24, 2.45) is 11.3 Å². The second-order valence-corrected chi connectivity index (χ2v) is 8.24. The van der Waals surface area contributed by atoms with Gasteiger partial charge in [0, 0.05) is 10.9 Å². The van der Waals surface area contributed by atoms with Crippen LogP contribution in [-0.2, 0) is 0 Å². The number of ketones is 1. The van der Waals surface area contributed by atoms with Crippen molar-refractivity contribution >= 4 is 44.7 Å². The van der Waals surface area contributed by atoms with Gasteiger partial charge in [0.1, 0.15) is 4.34 Å². The molecule has 0 aliphatic carbocycles. The molecule has 0 N–H and O–H groups in total. The summed E-state index contributed by atoms with van der Waals surface area (Å²) in [7, 11) is 0. The average Bonchev–Trinajstić information content (AvgIpc) is 2.43. The molecule has 1 unspecified atom stereocenters. The van der Waals surface area contributed by atoms with Crippen LogP contribution in [0.25, 0.3) is 0 Å². The summed E-state index contributed by atoms with van der Waals surface area (Å²) < 4.78 is 1.47. The van der Waals surface area contributed by atoms with E-state index >= 15 is 0 Å². The Balaban J connectivity index is 2.61. The van der Waals surface area contributed by atoms with Crippen molar-refractivity contribution in [1.29, 1.82) is 0 Å². The normalized spacial score (nSPS) is 13.8. The predicted octanol–water partition coefficient (Wildman–Crippen LogP) is 5.81. The highest BCUT2D eigenvalue weighted by atomic mass is 79.9. The molecule has 0 amide bonds. The Hall–Kier alpha value is 0.140. The Morgan fingerprint density at radius 1 is 1.53 bits per heavy atom. The fourth-order valence-corrected chi connectivity index (χ4v) is 3.67. The summed E-state index contributed by atoms with van der Waals surface area (Å²) in [6.45, 7) is 8.74. The van der Waals surface area contributed by atoms with Gasteiger partial charge in [-0.2, -0.15) is 0 Å². The van der Waals surface area contributed by atoms with Crippen LogP contribution in [0, 0.1) is 11.3 Å². The minimum atomic E-state index is 0.194. The van der Waals surface area contributed by atoms with Crippen LogP contribution in [0.4, 0.5) is 0 Å². The van der Waals surface area contributed by atoms with E-state index in [2.05, 4.69) is 43.6 Å². The molecule has 1 aromatic rings. The van der Waals surface area contributed by atoms with Crippen molar-refractivity contribution in [1.82, 2.24) is 0 Å². The number of carbonyl (C=O) groups excluding carboxylic acids is 1. The molecule has 0 aliphatic rings. The van der Waals surface area contributed by atoms with Crippen LogP contribution in [0.1, 0.15) is 50.2 Å². The molecule has 1 aromatic heterocycles. The van der Waals surface area contributed by atoms with E-state index in [4.69, 9.17) is 11.6 Å². The van der Waals surface area contributed by atoms with E-state index in [0.29, 0.717) is 16.7 Å². The molecule has 0 aromatic carbocycles. The molecule has 17 heavy (non-hydrogen) atoms. The molecule has 0 saturated carbocycles. The van der Waals surface area contributed by atoms with Gasteiger partial charge in [0.25, 0.3) is 0 Å². The Kier molecular flexibility index (Phi) is 5.23. The largest absolute Gasteiger partial charge is 0.293 e. The first-order valence-corrected chi connectivity index (χ1v) is 7.66. The van der Waals surface area contributed by atoms with Crippen LogP contribution < -0.4 is 0 Å². The molecule has 96 valence electrons. The first-order chi connectivity index (χ1) is 7.69. The van der Waals surface area contributed by atoms with Gasteiger partial charge < -0.3 is 0 Å². The van der Waals surface area contributed by atoms with Crippen LogP contribution in [-0.4, -0.2) is 5.78 Å². The van der Waals surface area contributed by atoms with E-state index in [1.54, 1.807) is 0 Å². The maximum atomic E-state index is 12.0. The third-order valence-corrected chi connectivity index (χ3v) is 4.93. The third kappa shape index (κ3) is 5.11. The number of hydrogen-bond donors (Lipinski definition) is 0.